The van der Waals surface area contributed by atoms with Crippen molar-refractivity contribution in [1.82, 2.24) is 9.55 Å². The van der Waals surface area contributed by atoms with E-state index in [1.807, 2.05) is 20.8 Å². The summed E-state index contributed by atoms with van der Waals surface area (Å²) in [6, 6.07) is 8.70. The summed E-state index contributed by atoms with van der Waals surface area (Å²) in [5.74, 6) is -0.470. The van der Waals surface area contributed by atoms with E-state index >= 15 is 0 Å². The molecule has 5 nitrogen and oxygen atoms in total. The van der Waals surface area contributed by atoms with Crippen LogP contribution in [0, 0.1) is 34.8 Å². The van der Waals surface area contributed by atoms with Crippen LogP contribution in [-0.2, 0) is 0 Å². The molecule has 0 bridgehead atoms. The number of hydrogen-bond acceptors (Lipinski definition) is 4. The Morgan fingerprint density at radius 2 is 1.76 bits per heavy atom. The Labute approximate surface area is 197 Å². The van der Waals surface area contributed by atoms with E-state index in [4.69, 9.17) is 10.8 Å². The number of nitrogens with zero attached hydrogens (tertiary/aromatic N) is 3. The van der Waals surface area contributed by atoms with E-state index in [1.54, 1.807) is 24.8 Å². The lowest BCUT2D eigenvalue weighted by atomic mass is 10.1. The van der Waals surface area contributed by atoms with Crippen LogP contribution in [0.25, 0.3) is 10.9 Å². The van der Waals surface area contributed by atoms with E-state index in [0.717, 1.165) is 11.9 Å². The molecular formula is C25H31F4N5. The number of fused-ring (bicyclic) bond motifs is 1. The minimum absolute atomic E-state index is 0.157. The SMILES string of the molecule is CC.CC1(C(F)F)CC1.CCN(c1cc(C)cc(F)c1)c1nc(=N)n(C=N)c2ccc(F)cc12. The third-order valence-electron chi connectivity index (χ3n) is 5.50. The first-order chi connectivity index (χ1) is 16.1. The maximum atomic E-state index is 13.8. The first-order valence-electron chi connectivity index (χ1n) is 11.2. The summed E-state index contributed by atoms with van der Waals surface area (Å²) in [4.78, 5) is 5.96. The number of aryl methyl sites for hydroxylation is 1. The van der Waals surface area contributed by atoms with Gasteiger partial charge in [0.25, 0.3) is 0 Å². The van der Waals surface area contributed by atoms with Crippen molar-refractivity contribution in [3.63, 3.8) is 0 Å². The summed E-state index contributed by atoms with van der Waals surface area (Å²) in [5, 5.41) is 16.0. The molecule has 1 saturated carbocycles. The van der Waals surface area contributed by atoms with Gasteiger partial charge in [-0.1, -0.05) is 20.8 Å². The van der Waals surface area contributed by atoms with E-state index in [-0.39, 0.29) is 11.4 Å². The maximum absolute atomic E-state index is 13.8. The lowest BCUT2D eigenvalue weighted by molar-refractivity contribution is 0.0721. The van der Waals surface area contributed by atoms with Crippen LogP contribution in [-0.4, -0.2) is 28.9 Å². The summed E-state index contributed by atoms with van der Waals surface area (Å²) < 4.78 is 52.1. The zero-order valence-electron chi connectivity index (χ0n) is 20.1. The van der Waals surface area contributed by atoms with Crippen molar-refractivity contribution >= 4 is 28.7 Å². The molecule has 1 aliphatic rings. The second-order valence-corrected chi connectivity index (χ2v) is 8.11. The van der Waals surface area contributed by atoms with Crippen molar-refractivity contribution in [3.8, 4) is 0 Å². The van der Waals surface area contributed by atoms with Crippen LogP contribution in [0.3, 0.4) is 0 Å². The molecule has 2 aromatic carbocycles. The number of aromatic nitrogens is 2. The Morgan fingerprint density at radius 3 is 2.24 bits per heavy atom. The third-order valence-corrected chi connectivity index (χ3v) is 5.50. The minimum Gasteiger partial charge on any atom is -0.326 e. The van der Waals surface area contributed by atoms with E-state index in [2.05, 4.69) is 4.98 Å². The second kappa shape index (κ2) is 11.3. The minimum atomic E-state index is -2.09. The zero-order chi connectivity index (χ0) is 25.6. The Hall–Kier alpha value is -3.23. The summed E-state index contributed by atoms with van der Waals surface area (Å²) >= 11 is 0. The summed E-state index contributed by atoms with van der Waals surface area (Å²) in [6.45, 7) is 9.73. The molecule has 0 saturated heterocycles. The standard InChI is InChI=1S/C18H17F2N5.C5H8F2.C2H6/c1-3-24(14-7-11(2)6-13(20)8-14)17-15-9-12(19)4-5-16(15)25(10-21)18(22)23-17;1-5(2-3-5)4(6)7;1-2/h4-10,21-22H,3H2,1-2H3;4H,2-3H2,1H3;1-2H3. The molecule has 1 aliphatic carbocycles. The fourth-order valence-electron chi connectivity index (χ4n) is 3.31. The number of rotatable bonds is 5. The number of anilines is 2. The van der Waals surface area contributed by atoms with Crippen LogP contribution in [0.2, 0.25) is 0 Å². The highest BCUT2D eigenvalue weighted by Crippen LogP contribution is 2.49. The molecule has 0 atom stereocenters. The molecule has 0 unspecified atom stereocenters. The fraction of sp³-hybridized carbons (Fsp3) is 0.400. The average Bonchev–Trinajstić information content (AvgIpc) is 3.55. The van der Waals surface area contributed by atoms with E-state index < -0.39 is 17.7 Å². The lowest BCUT2D eigenvalue weighted by Gasteiger charge is -2.24. The highest BCUT2D eigenvalue weighted by atomic mass is 19.3. The normalized spacial score (nSPS) is 13.5. The van der Waals surface area contributed by atoms with Gasteiger partial charge in [0.2, 0.25) is 12.0 Å². The van der Waals surface area contributed by atoms with Crippen LogP contribution in [0.4, 0.5) is 29.1 Å². The van der Waals surface area contributed by atoms with Crippen LogP contribution < -0.4 is 10.5 Å². The third kappa shape index (κ3) is 6.01. The first kappa shape index (κ1) is 27.0. The van der Waals surface area contributed by atoms with Crippen molar-refractivity contribution in [3.05, 3.63) is 59.2 Å². The van der Waals surface area contributed by atoms with Gasteiger partial charge in [-0.05, 0) is 68.7 Å². The predicted octanol–water partition coefficient (Wildman–Crippen LogP) is 6.79. The molecule has 0 amide bonds. The largest absolute Gasteiger partial charge is 0.326 e. The van der Waals surface area contributed by atoms with Crippen LogP contribution >= 0.6 is 0 Å². The number of nitrogens with one attached hydrogen (secondary N) is 2. The van der Waals surface area contributed by atoms with Gasteiger partial charge >= 0.3 is 0 Å². The van der Waals surface area contributed by atoms with Crippen molar-refractivity contribution in [2.45, 2.75) is 53.9 Å². The Kier molecular flexibility index (Phi) is 8.95. The molecule has 34 heavy (non-hydrogen) atoms. The molecule has 3 aromatic rings. The van der Waals surface area contributed by atoms with Gasteiger partial charge in [-0.25, -0.2) is 17.6 Å². The Bertz CT molecular complexity index is 1180. The van der Waals surface area contributed by atoms with Gasteiger partial charge in [-0.2, -0.15) is 4.98 Å². The summed E-state index contributed by atoms with van der Waals surface area (Å²) in [7, 11) is 0. The van der Waals surface area contributed by atoms with Crippen LogP contribution in [0.1, 0.15) is 46.1 Å². The van der Waals surface area contributed by atoms with Gasteiger partial charge in [-0.15, -0.1) is 0 Å². The van der Waals surface area contributed by atoms with E-state index in [1.165, 1.54) is 34.9 Å². The van der Waals surface area contributed by atoms with E-state index in [9.17, 15) is 17.6 Å². The zero-order valence-corrected chi connectivity index (χ0v) is 20.1. The first-order valence-corrected chi connectivity index (χ1v) is 11.2. The average molecular weight is 478 g/mol. The summed E-state index contributed by atoms with van der Waals surface area (Å²) in [5.41, 5.74) is 1.07. The van der Waals surface area contributed by atoms with Gasteiger partial charge in [0, 0.05) is 23.0 Å². The Balaban J connectivity index is 0.000000384. The number of benzene rings is 2. The highest BCUT2D eigenvalue weighted by molar-refractivity contribution is 5.94. The Morgan fingerprint density at radius 1 is 1.12 bits per heavy atom. The molecule has 1 aromatic heterocycles. The molecular weight excluding hydrogens is 446 g/mol. The van der Waals surface area contributed by atoms with Crippen LogP contribution in [0.5, 0.6) is 0 Å². The molecule has 9 heteroatoms. The quantitative estimate of drug-likeness (QED) is 0.241. The molecule has 1 fully saturated rings. The lowest BCUT2D eigenvalue weighted by Crippen LogP contribution is -2.28. The molecule has 0 radical (unpaired) electrons. The number of halogens is 4. The molecule has 4 rings (SSSR count). The molecule has 0 aliphatic heterocycles. The van der Waals surface area contributed by atoms with Gasteiger partial charge in [0.05, 0.1) is 11.9 Å². The smallest absolute Gasteiger partial charge is 0.243 e. The molecule has 0 spiro atoms. The van der Waals surface area contributed by atoms with Crippen LogP contribution in [0.15, 0.2) is 36.4 Å². The fourth-order valence-corrected chi connectivity index (χ4v) is 3.31. The maximum Gasteiger partial charge on any atom is 0.243 e. The second-order valence-electron chi connectivity index (χ2n) is 8.11. The highest BCUT2D eigenvalue weighted by Gasteiger charge is 2.46. The predicted molar refractivity (Wildman–Crippen MR) is 128 cm³/mol. The van der Waals surface area contributed by atoms with Gasteiger partial charge < -0.3 is 4.90 Å². The summed E-state index contributed by atoms with van der Waals surface area (Å²) in [6.07, 6.45) is 0.296. The monoisotopic (exact) mass is 477 g/mol. The molecule has 184 valence electrons. The molecule has 2 N–H and O–H groups in total. The van der Waals surface area contributed by atoms with Gasteiger partial charge in [0.15, 0.2) is 0 Å². The topological polar surface area (TPSA) is 68.8 Å². The number of alkyl halides is 2. The molecule has 1 heterocycles. The number of hydrogen-bond donors (Lipinski definition) is 2. The van der Waals surface area contributed by atoms with Gasteiger partial charge in [-0.3, -0.25) is 15.4 Å². The van der Waals surface area contributed by atoms with Crippen molar-refractivity contribution < 1.29 is 17.6 Å². The van der Waals surface area contributed by atoms with E-state index in [0.29, 0.717) is 41.8 Å². The van der Waals surface area contributed by atoms with Crippen molar-refractivity contribution in [2.75, 3.05) is 11.4 Å². The van der Waals surface area contributed by atoms with Crippen molar-refractivity contribution in [1.29, 1.82) is 10.8 Å². The van der Waals surface area contributed by atoms with Gasteiger partial charge in [0.1, 0.15) is 17.5 Å². The van der Waals surface area contributed by atoms with Crippen molar-refractivity contribution in [2.24, 2.45) is 5.41 Å².